The lowest BCUT2D eigenvalue weighted by atomic mass is 10.0. The highest BCUT2D eigenvalue weighted by molar-refractivity contribution is 5.59. The van der Waals surface area contributed by atoms with Gasteiger partial charge in [0.2, 0.25) is 0 Å². The van der Waals surface area contributed by atoms with Crippen LogP contribution in [0.5, 0.6) is 5.75 Å². The van der Waals surface area contributed by atoms with Crippen LogP contribution in [0.25, 0.3) is 0 Å². The summed E-state index contributed by atoms with van der Waals surface area (Å²) in [5.41, 5.74) is 2.60. The van der Waals surface area contributed by atoms with Gasteiger partial charge in [-0.2, -0.15) is 0 Å². The number of likely N-dealkylation sites (N-methyl/N-ethyl adjacent to an activating group) is 1. The molecule has 1 aromatic heterocycles. The van der Waals surface area contributed by atoms with Gasteiger partial charge in [0, 0.05) is 26.8 Å². The molecule has 23 heavy (non-hydrogen) atoms. The van der Waals surface area contributed by atoms with Crippen molar-refractivity contribution in [2.45, 2.75) is 6.10 Å². The average Bonchev–Trinajstić information content (AvgIpc) is 2.53. The summed E-state index contributed by atoms with van der Waals surface area (Å²) in [6.07, 6.45) is 1.51. The molecule has 0 amide bonds. The quantitative estimate of drug-likeness (QED) is 0.851. The molecule has 0 bridgehead atoms. The third-order valence-electron chi connectivity index (χ3n) is 3.56. The second-order valence-electron chi connectivity index (χ2n) is 5.95. The summed E-state index contributed by atoms with van der Waals surface area (Å²) in [5, 5.41) is 10.0. The predicted octanol–water partition coefficient (Wildman–Crippen LogP) is 2.52. The molecular weight excluding hydrogens is 290 g/mol. The first-order chi connectivity index (χ1) is 11.0. The van der Waals surface area contributed by atoms with Gasteiger partial charge in [-0.05, 0) is 43.9 Å². The molecule has 1 aromatic carbocycles. The van der Waals surface area contributed by atoms with E-state index in [4.69, 9.17) is 4.74 Å². The van der Waals surface area contributed by atoms with Crippen molar-refractivity contribution < 1.29 is 9.84 Å². The number of rotatable bonds is 7. The van der Waals surface area contributed by atoms with Gasteiger partial charge in [0.15, 0.2) is 0 Å². The lowest BCUT2D eigenvalue weighted by Gasteiger charge is -2.22. The molecule has 5 heteroatoms. The lowest BCUT2D eigenvalue weighted by Crippen LogP contribution is -2.20. The Morgan fingerprint density at radius 1 is 1.13 bits per heavy atom. The first-order valence-corrected chi connectivity index (χ1v) is 7.66. The number of aromatic hydroxyl groups is 1. The van der Waals surface area contributed by atoms with Gasteiger partial charge in [0.05, 0.1) is 18.0 Å². The molecule has 0 radical (unpaired) electrons. The van der Waals surface area contributed by atoms with E-state index < -0.39 is 0 Å². The second-order valence-corrected chi connectivity index (χ2v) is 5.95. The number of phenols is 1. The van der Waals surface area contributed by atoms with Crippen LogP contribution in [0.3, 0.4) is 0 Å². The van der Waals surface area contributed by atoms with Gasteiger partial charge < -0.3 is 19.6 Å². The molecule has 0 saturated carbocycles. The zero-order chi connectivity index (χ0) is 16.8. The maximum Gasteiger partial charge on any atom is 0.138 e. The minimum absolute atomic E-state index is 0.254. The van der Waals surface area contributed by atoms with E-state index in [1.54, 1.807) is 12.3 Å². The zero-order valence-electron chi connectivity index (χ0n) is 14.2. The zero-order valence-corrected chi connectivity index (χ0v) is 14.2. The average molecular weight is 315 g/mol. The van der Waals surface area contributed by atoms with Gasteiger partial charge >= 0.3 is 0 Å². The van der Waals surface area contributed by atoms with Crippen LogP contribution in [0, 0.1) is 0 Å². The topological polar surface area (TPSA) is 48.8 Å². The van der Waals surface area contributed by atoms with E-state index in [1.165, 1.54) is 0 Å². The minimum atomic E-state index is -0.254. The van der Waals surface area contributed by atoms with E-state index in [9.17, 15) is 5.11 Å². The number of ether oxygens (including phenoxy) is 1. The molecule has 0 aliphatic heterocycles. The van der Waals surface area contributed by atoms with Gasteiger partial charge in [-0.1, -0.05) is 12.1 Å². The smallest absolute Gasteiger partial charge is 0.138 e. The van der Waals surface area contributed by atoms with Gasteiger partial charge in [0.25, 0.3) is 0 Å². The molecule has 0 fully saturated rings. The highest BCUT2D eigenvalue weighted by atomic mass is 16.5. The van der Waals surface area contributed by atoms with Gasteiger partial charge in [-0.15, -0.1) is 0 Å². The van der Waals surface area contributed by atoms with Crippen molar-refractivity contribution in [3.05, 3.63) is 53.9 Å². The van der Waals surface area contributed by atoms with E-state index in [0.29, 0.717) is 6.61 Å². The number of anilines is 1. The first-order valence-electron chi connectivity index (χ1n) is 7.66. The van der Waals surface area contributed by atoms with Crippen molar-refractivity contribution in [2.75, 3.05) is 46.2 Å². The number of nitrogens with zero attached hydrogens (tertiary/aromatic N) is 3. The molecule has 1 atom stereocenters. The van der Waals surface area contributed by atoms with Crippen molar-refractivity contribution in [3.63, 3.8) is 0 Å². The van der Waals surface area contributed by atoms with Crippen molar-refractivity contribution in [1.29, 1.82) is 0 Å². The Balaban J connectivity index is 2.31. The Labute approximate surface area is 138 Å². The Kier molecular flexibility index (Phi) is 5.96. The third kappa shape index (κ3) is 4.68. The van der Waals surface area contributed by atoms with Crippen LogP contribution in [-0.4, -0.2) is 56.3 Å². The summed E-state index contributed by atoms with van der Waals surface area (Å²) in [7, 11) is 7.84. The van der Waals surface area contributed by atoms with E-state index in [0.717, 1.165) is 23.5 Å². The lowest BCUT2D eigenvalue weighted by molar-refractivity contribution is 0.0662. The maximum absolute atomic E-state index is 10.0. The summed E-state index contributed by atoms with van der Waals surface area (Å²) in [4.78, 5) is 8.40. The largest absolute Gasteiger partial charge is 0.506 e. The molecule has 2 rings (SSSR count). The number of aromatic nitrogens is 1. The Bertz CT molecular complexity index is 615. The van der Waals surface area contributed by atoms with Gasteiger partial charge in [-0.3, -0.25) is 4.98 Å². The highest BCUT2D eigenvalue weighted by Crippen LogP contribution is 2.32. The number of hydrogen-bond donors (Lipinski definition) is 1. The molecule has 0 aliphatic rings. The van der Waals surface area contributed by atoms with Gasteiger partial charge in [0.1, 0.15) is 11.9 Å². The SMILES string of the molecule is CN(C)CCOC(c1ccc(O)c(N(C)C)c1)c1ccccn1. The molecule has 1 unspecified atom stereocenters. The Morgan fingerprint density at radius 3 is 2.52 bits per heavy atom. The number of benzene rings is 1. The Hall–Kier alpha value is -2.11. The molecular formula is C18H25N3O2. The highest BCUT2D eigenvalue weighted by Gasteiger charge is 2.18. The number of phenolic OH excluding ortho intramolecular Hbond substituents is 1. The molecule has 1 N–H and O–H groups in total. The van der Waals surface area contributed by atoms with Crippen LogP contribution in [0.15, 0.2) is 42.6 Å². The van der Waals surface area contributed by atoms with E-state index in [1.807, 2.05) is 63.4 Å². The van der Waals surface area contributed by atoms with Crippen molar-refractivity contribution in [3.8, 4) is 5.75 Å². The van der Waals surface area contributed by atoms with E-state index in [-0.39, 0.29) is 11.9 Å². The fraction of sp³-hybridized carbons (Fsp3) is 0.389. The standard InChI is InChI=1S/C18H25N3O2/c1-20(2)11-12-23-18(15-7-5-6-10-19-15)14-8-9-17(22)16(13-14)21(3)4/h5-10,13,18,22H,11-12H2,1-4H3. The van der Waals surface area contributed by atoms with Crippen LogP contribution in [-0.2, 0) is 4.74 Å². The molecule has 0 aliphatic carbocycles. The number of pyridine rings is 1. The van der Waals surface area contributed by atoms with Crippen molar-refractivity contribution in [1.82, 2.24) is 9.88 Å². The summed E-state index contributed by atoms with van der Waals surface area (Å²) in [6, 6.07) is 11.3. The monoisotopic (exact) mass is 315 g/mol. The molecule has 2 aromatic rings. The normalized spacial score (nSPS) is 12.4. The fourth-order valence-electron chi connectivity index (χ4n) is 2.30. The van der Waals surface area contributed by atoms with E-state index >= 15 is 0 Å². The third-order valence-corrected chi connectivity index (χ3v) is 3.56. The van der Waals surface area contributed by atoms with Crippen LogP contribution in [0.1, 0.15) is 17.4 Å². The maximum atomic E-state index is 10.0. The summed E-state index contributed by atoms with van der Waals surface area (Å²) >= 11 is 0. The first kappa shape index (κ1) is 17.2. The summed E-state index contributed by atoms with van der Waals surface area (Å²) in [6.45, 7) is 1.44. The number of hydrogen-bond acceptors (Lipinski definition) is 5. The molecule has 0 saturated heterocycles. The predicted molar refractivity (Wildman–Crippen MR) is 93.0 cm³/mol. The van der Waals surface area contributed by atoms with Crippen LogP contribution in [0.4, 0.5) is 5.69 Å². The summed E-state index contributed by atoms with van der Waals surface area (Å²) < 4.78 is 6.10. The van der Waals surface area contributed by atoms with E-state index in [2.05, 4.69) is 9.88 Å². The summed E-state index contributed by atoms with van der Waals surface area (Å²) in [5.74, 6) is 0.256. The van der Waals surface area contributed by atoms with Crippen LogP contribution < -0.4 is 4.90 Å². The van der Waals surface area contributed by atoms with Crippen LogP contribution >= 0.6 is 0 Å². The van der Waals surface area contributed by atoms with Crippen molar-refractivity contribution in [2.24, 2.45) is 0 Å². The Morgan fingerprint density at radius 2 is 1.91 bits per heavy atom. The minimum Gasteiger partial charge on any atom is -0.506 e. The molecule has 0 spiro atoms. The van der Waals surface area contributed by atoms with Crippen molar-refractivity contribution >= 4 is 5.69 Å². The molecule has 1 heterocycles. The van der Waals surface area contributed by atoms with Crippen LogP contribution in [0.2, 0.25) is 0 Å². The fourth-order valence-corrected chi connectivity index (χ4v) is 2.30. The molecule has 5 nitrogen and oxygen atoms in total. The van der Waals surface area contributed by atoms with Gasteiger partial charge in [-0.25, -0.2) is 0 Å². The molecule has 124 valence electrons. The second kappa shape index (κ2) is 7.94.